The first-order chi connectivity index (χ1) is 31.9. The molecule has 0 saturated carbocycles. The van der Waals surface area contributed by atoms with Crippen LogP contribution >= 0.6 is 45.9 Å². The first-order valence-electron chi connectivity index (χ1n) is 20.0. The van der Waals surface area contributed by atoms with E-state index >= 15 is 0 Å². The van der Waals surface area contributed by atoms with Gasteiger partial charge in [-0.1, -0.05) is 94.4 Å². The number of hydrazine groups is 1. The van der Waals surface area contributed by atoms with Crippen LogP contribution in [-0.2, 0) is 32.2 Å². The molecule has 0 unspecified atom stereocenters. The number of hydrogen-bond acceptors (Lipinski definition) is 15. The van der Waals surface area contributed by atoms with Crippen molar-refractivity contribution in [2.75, 3.05) is 32.8 Å². The highest BCUT2D eigenvalue weighted by Crippen LogP contribution is 2.28. The van der Waals surface area contributed by atoms with Gasteiger partial charge in [-0.05, 0) is 72.5 Å². The number of aromatic carboxylic acids is 1. The predicted octanol–water partition coefficient (Wildman–Crippen LogP) is 6.39. The lowest BCUT2D eigenvalue weighted by Crippen LogP contribution is -2.41. The number of aliphatic hydroxyl groups is 2. The number of ether oxygens (including phenoxy) is 2. The van der Waals surface area contributed by atoms with E-state index in [2.05, 4.69) is 9.97 Å². The minimum absolute atomic E-state index is 0.0417. The normalized spacial score (nSPS) is 11.7. The number of hydrogen-bond donors (Lipinski definition) is 6. The van der Waals surface area contributed by atoms with Crippen LogP contribution in [0, 0.1) is 11.6 Å². The number of aliphatic hydroxyl groups excluding tert-OH is 2. The number of benzene rings is 4. The van der Waals surface area contributed by atoms with Crippen molar-refractivity contribution in [2.24, 2.45) is 5.84 Å². The number of H-pyrrole nitrogens is 2. The molecule has 2 heterocycles. The highest BCUT2D eigenvalue weighted by molar-refractivity contribution is 7.11. The Morgan fingerprint density at radius 1 is 0.687 bits per heavy atom. The van der Waals surface area contributed by atoms with Gasteiger partial charge in [-0.15, -0.1) is 0 Å². The van der Waals surface area contributed by atoms with Gasteiger partial charge in [0.15, 0.2) is 18.0 Å². The van der Waals surface area contributed by atoms with Crippen molar-refractivity contribution in [1.29, 1.82) is 0 Å². The second-order valence-electron chi connectivity index (χ2n) is 14.1. The summed E-state index contributed by atoms with van der Waals surface area (Å²) in [7, 11) is 0. The van der Waals surface area contributed by atoms with E-state index in [0.29, 0.717) is 50.2 Å². The number of nitrogens with zero attached hydrogens (tertiary/aromatic N) is 2. The number of nitrogens with two attached hydrogens (primary N) is 1. The molecule has 0 radical (unpaired) electrons. The Hall–Kier alpha value is -5.94. The molecule has 356 valence electrons. The van der Waals surface area contributed by atoms with Gasteiger partial charge < -0.3 is 34.8 Å². The Kier molecular flexibility index (Phi) is 21.2. The monoisotopic (exact) mass is 1000 g/mol. The van der Waals surface area contributed by atoms with Gasteiger partial charge >= 0.3 is 27.7 Å². The first kappa shape index (κ1) is 53.7. The van der Waals surface area contributed by atoms with Crippen LogP contribution in [0.2, 0.25) is 10.0 Å². The highest BCUT2D eigenvalue weighted by atomic mass is 35.5. The number of Topliss-reactive ketones (excluding diaryl/α,β-unsaturated/α-hetero) is 1. The molecule has 6 aromatic rings. The number of aromatic nitrogens is 2. The van der Waals surface area contributed by atoms with Gasteiger partial charge in [0, 0.05) is 53.2 Å². The van der Waals surface area contributed by atoms with E-state index in [4.69, 9.17) is 43.6 Å². The van der Waals surface area contributed by atoms with Crippen molar-refractivity contribution in [3.05, 3.63) is 159 Å². The number of halogens is 4. The number of rotatable bonds is 18. The second kappa shape index (κ2) is 26.4. The van der Waals surface area contributed by atoms with Crippen LogP contribution in [0.25, 0.3) is 22.3 Å². The van der Waals surface area contributed by atoms with Gasteiger partial charge in [0.1, 0.15) is 16.5 Å². The summed E-state index contributed by atoms with van der Waals surface area (Å²) < 4.78 is 37.6. The molecule has 0 amide bonds. The van der Waals surface area contributed by atoms with Crippen molar-refractivity contribution in [3.8, 4) is 22.3 Å². The molecular weight excluding hydrogens is 960 g/mol. The third-order valence-electron chi connectivity index (χ3n) is 9.03. The average Bonchev–Trinajstić information content (AvgIpc) is 3.94. The Morgan fingerprint density at radius 3 is 1.52 bits per heavy atom. The molecule has 2 atom stereocenters. The minimum Gasteiger partial charge on any atom is -0.477 e. The number of ketones is 1. The molecule has 67 heavy (non-hydrogen) atoms. The van der Waals surface area contributed by atoms with Crippen molar-refractivity contribution in [3.63, 3.8) is 0 Å². The zero-order valence-corrected chi connectivity index (χ0v) is 38.9. The zero-order chi connectivity index (χ0) is 49.2. The maximum atomic E-state index is 14.2. The van der Waals surface area contributed by atoms with Gasteiger partial charge in [0.25, 0.3) is 0 Å². The summed E-state index contributed by atoms with van der Waals surface area (Å²) in [6.45, 7) is 3.82. The number of carbonyl (C=O) groups excluding carboxylic acids is 3. The molecule has 0 spiro atoms. The molecule has 2 aromatic heterocycles. The van der Waals surface area contributed by atoms with Gasteiger partial charge in [-0.25, -0.2) is 28.2 Å². The lowest BCUT2D eigenvalue weighted by molar-refractivity contribution is -0.154. The van der Waals surface area contributed by atoms with E-state index in [1.807, 2.05) is 0 Å². The Labute approximate surface area is 399 Å². The van der Waals surface area contributed by atoms with Crippen LogP contribution in [0.3, 0.4) is 0 Å². The fourth-order valence-electron chi connectivity index (χ4n) is 5.94. The molecule has 22 heteroatoms. The lowest BCUT2D eigenvalue weighted by atomic mass is 10.0. The molecule has 4 aromatic carbocycles. The fraction of sp³-hybridized carbons (Fsp3) is 0.244. The van der Waals surface area contributed by atoms with Gasteiger partial charge in [-0.3, -0.25) is 25.1 Å². The largest absolute Gasteiger partial charge is 0.477 e. The van der Waals surface area contributed by atoms with Crippen molar-refractivity contribution < 1.29 is 52.8 Å². The Balaban J connectivity index is 0.000000253. The summed E-state index contributed by atoms with van der Waals surface area (Å²) in [6.07, 6.45) is -0.230. The highest BCUT2D eigenvalue weighted by Gasteiger charge is 2.24. The number of carbonyl (C=O) groups is 4. The van der Waals surface area contributed by atoms with Crippen LogP contribution in [0.5, 0.6) is 0 Å². The van der Waals surface area contributed by atoms with Gasteiger partial charge in [0.2, 0.25) is 0 Å². The van der Waals surface area contributed by atoms with Crippen molar-refractivity contribution >= 4 is 69.6 Å². The van der Waals surface area contributed by atoms with E-state index in [1.54, 1.807) is 73.3 Å². The Morgan fingerprint density at radius 2 is 1.12 bits per heavy atom. The van der Waals surface area contributed by atoms with Crippen molar-refractivity contribution in [1.82, 2.24) is 19.9 Å². The quantitative estimate of drug-likeness (QED) is 0.0237. The van der Waals surface area contributed by atoms with Crippen LogP contribution in [0.1, 0.15) is 44.3 Å². The molecular formula is C45H45Cl2F2N5O11S2. The second-order valence-corrected chi connectivity index (χ2v) is 17.0. The van der Waals surface area contributed by atoms with Gasteiger partial charge in [-0.2, -0.15) is 0 Å². The standard InChI is InChI=1S/C23H22ClFN2O5S.C18H20ClFN2O3.C4H3NO3S/c1-2-32-22(30)20(29)13-27(12-19(28)21-10-26-23(31)33-21)11-14-3-5-15(6-4-14)17-9-16(24)7-8-18(17)25;1-2-25-18(24)17(23)11-22(21)10-12-3-5-13(6-4-12)15-9-14(19)7-8-16(15)20;6-3(7)2-1-5-4(8)9-2/h3-10,20,29H,2,11-13H2,1H3,(H,26,31);3-9,17,23H,2,10-11,21H2,1H3;1H,(H,5,8)(H,6,7)/t20-;17-;/m11./s1. The fourth-order valence-corrected chi connectivity index (χ4v) is 7.42. The number of carboxylic acids is 1. The molecule has 0 fully saturated rings. The molecule has 0 saturated heterocycles. The Bertz CT molecular complexity index is 2710. The van der Waals surface area contributed by atoms with E-state index in [1.165, 1.54) is 47.7 Å². The summed E-state index contributed by atoms with van der Waals surface area (Å²) in [5.74, 6) is 2.18. The molecule has 0 aliphatic heterocycles. The van der Waals surface area contributed by atoms with E-state index in [0.717, 1.165) is 22.5 Å². The van der Waals surface area contributed by atoms with Gasteiger partial charge in [0.05, 0.1) is 31.2 Å². The maximum Gasteiger partial charge on any atom is 0.347 e. The molecule has 0 aliphatic rings. The number of thiazole rings is 2. The minimum atomic E-state index is -1.44. The number of carboxylic acid groups (broad SMARTS) is 1. The van der Waals surface area contributed by atoms with Crippen LogP contribution in [0.15, 0.2) is 107 Å². The van der Waals surface area contributed by atoms with E-state index in [9.17, 15) is 47.8 Å². The molecule has 16 nitrogen and oxygen atoms in total. The summed E-state index contributed by atoms with van der Waals surface area (Å²) in [4.78, 5) is 73.5. The summed E-state index contributed by atoms with van der Waals surface area (Å²) >= 11 is 13.4. The van der Waals surface area contributed by atoms with Crippen LogP contribution < -0.4 is 15.6 Å². The number of nitrogens with one attached hydrogen (secondary N) is 2. The summed E-state index contributed by atoms with van der Waals surface area (Å²) in [5.41, 5.74) is 3.73. The maximum absolute atomic E-state index is 14.2. The number of aromatic amines is 2. The zero-order valence-electron chi connectivity index (χ0n) is 35.7. The summed E-state index contributed by atoms with van der Waals surface area (Å²) in [5, 5.41) is 30.3. The topological polar surface area (TPSA) is 246 Å². The van der Waals surface area contributed by atoms with Crippen LogP contribution in [-0.4, -0.2) is 104 Å². The smallest absolute Gasteiger partial charge is 0.347 e. The third kappa shape index (κ3) is 17.3. The number of esters is 2. The summed E-state index contributed by atoms with van der Waals surface area (Å²) in [6, 6.07) is 22.8. The SMILES string of the molecule is CCOC(=O)[C@H](O)CN(CC(=O)c1c[nH]c(=O)s1)Cc1ccc(-c2cc(Cl)ccc2F)cc1.CCOC(=O)[C@H](O)CN(N)Cc1ccc(-c2cc(Cl)ccc2F)cc1.O=C(O)c1c[nH]c(=O)s1. The van der Waals surface area contributed by atoms with E-state index in [-0.39, 0.29) is 70.5 Å². The molecule has 0 aliphatic carbocycles. The molecule has 7 N–H and O–H groups in total. The average molecular weight is 1000 g/mol. The van der Waals surface area contributed by atoms with E-state index < -0.39 is 35.9 Å². The molecule has 0 bridgehead atoms. The predicted molar refractivity (Wildman–Crippen MR) is 250 cm³/mol. The third-order valence-corrected chi connectivity index (χ3v) is 11.2. The first-order valence-corrected chi connectivity index (χ1v) is 22.4. The lowest BCUT2D eigenvalue weighted by Gasteiger charge is -2.23. The molecule has 6 rings (SSSR count). The van der Waals surface area contributed by atoms with Crippen LogP contribution in [0.4, 0.5) is 8.78 Å². The van der Waals surface area contributed by atoms with Crippen molar-refractivity contribution in [2.45, 2.75) is 39.1 Å².